The minimum Gasteiger partial charge on any atom is -0.267 e. The highest BCUT2D eigenvalue weighted by Gasteiger charge is 2.16. The first kappa shape index (κ1) is 18.6. The van der Waals surface area contributed by atoms with Crippen LogP contribution in [0.2, 0.25) is 0 Å². The van der Waals surface area contributed by atoms with Crippen molar-refractivity contribution in [3.05, 3.63) is 93.9 Å². The Morgan fingerprint density at radius 2 is 1.87 bits per heavy atom. The molecule has 0 aliphatic carbocycles. The van der Waals surface area contributed by atoms with Gasteiger partial charge in [-0.25, -0.2) is 13.5 Å². The van der Waals surface area contributed by atoms with Crippen molar-refractivity contribution in [3.63, 3.8) is 0 Å². The number of para-hydroxylation sites is 1. The Bertz CT molecular complexity index is 1460. The third kappa shape index (κ3) is 3.27. The van der Waals surface area contributed by atoms with Crippen LogP contribution in [0, 0.1) is 11.6 Å². The molecule has 7 heteroatoms. The highest BCUT2D eigenvalue weighted by Crippen LogP contribution is 2.33. The number of thiophene rings is 1. The maximum Gasteiger partial charge on any atom is 0.276 e. The van der Waals surface area contributed by atoms with Crippen LogP contribution in [0.25, 0.3) is 32.1 Å². The molecule has 0 aliphatic heterocycles. The molecule has 0 radical (unpaired) electrons. The summed E-state index contributed by atoms with van der Waals surface area (Å²) in [5, 5.41) is 7.32. The normalized spacial score (nSPS) is 11.4. The van der Waals surface area contributed by atoms with Crippen molar-refractivity contribution in [2.24, 2.45) is 0 Å². The van der Waals surface area contributed by atoms with Crippen LogP contribution in [0.15, 0.2) is 71.0 Å². The lowest BCUT2D eigenvalue weighted by Gasteiger charge is -2.07. The van der Waals surface area contributed by atoms with Crippen molar-refractivity contribution >= 4 is 32.3 Å². The summed E-state index contributed by atoms with van der Waals surface area (Å²) in [6, 6.07) is 15.0. The van der Waals surface area contributed by atoms with Gasteiger partial charge in [-0.15, -0.1) is 11.3 Å². The molecule has 0 saturated heterocycles. The van der Waals surface area contributed by atoms with Gasteiger partial charge in [-0.2, -0.15) is 5.10 Å². The standard InChI is InChI=1S/C23H15F2N3OS/c24-15-6-8-19(25)17(11-15)18-13-30-21-12-26-28(23(29)22(18)21)10-9-16-7-5-14-3-1-2-4-20(14)27-16/h1-8,11-13H,9-10H2. The fourth-order valence-corrected chi connectivity index (χ4v) is 4.43. The molecular formula is C23H15F2N3OS. The van der Waals surface area contributed by atoms with E-state index in [9.17, 15) is 13.6 Å². The molecule has 148 valence electrons. The summed E-state index contributed by atoms with van der Waals surface area (Å²) in [6.07, 6.45) is 2.12. The fraction of sp³-hybridized carbons (Fsp3) is 0.0870. The minimum absolute atomic E-state index is 0.0762. The number of aryl methyl sites for hydroxylation is 2. The topological polar surface area (TPSA) is 47.8 Å². The highest BCUT2D eigenvalue weighted by atomic mass is 32.1. The van der Waals surface area contributed by atoms with Gasteiger partial charge in [0.2, 0.25) is 0 Å². The molecule has 0 spiro atoms. The molecule has 5 rings (SSSR count). The third-order valence-electron chi connectivity index (χ3n) is 5.04. The maximum absolute atomic E-state index is 14.3. The minimum atomic E-state index is -0.570. The highest BCUT2D eigenvalue weighted by molar-refractivity contribution is 7.17. The zero-order valence-electron chi connectivity index (χ0n) is 15.7. The second-order valence-corrected chi connectivity index (χ2v) is 7.84. The van der Waals surface area contributed by atoms with Crippen molar-refractivity contribution < 1.29 is 8.78 Å². The quantitative estimate of drug-likeness (QED) is 0.403. The Morgan fingerprint density at radius 3 is 2.77 bits per heavy atom. The molecule has 30 heavy (non-hydrogen) atoms. The second-order valence-electron chi connectivity index (χ2n) is 6.93. The molecule has 0 N–H and O–H groups in total. The number of benzene rings is 2. The number of fused-ring (bicyclic) bond motifs is 2. The smallest absolute Gasteiger partial charge is 0.267 e. The van der Waals surface area contributed by atoms with Crippen LogP contribution in [-0.2, 0) is 13.0 Å². The van der Waals surface area contributed by atoms with Gasteiger partial charge in [0, 0.05) is 34.0 Å². The van der Waals surface area contributed by atoms with Crippen molar-refractivity contribution in [2.75, 3.05) is 0 Å². The predicted molar refractivity (Wildman–Crippen MR) is 115 cm³/mol. The van der Waals surface area contributed by atoms with Crippen LogP contribution in [0.5, 0.6) is 0 Å². The van der Waals surface area contributed by atoms with Crippen LogP contribution in [0.4, 0.5) is 8.78 Å². The van der Waals surface area contributed by atoms with E-state index in [-0.39, 0.29) is 11.1 Å². The van der Waals surface area contributed by atoms with E-state index in [2.05, 4.69) is 10.1 Å². The molecule has 0 bridgehead atoms. The summed E-state index contributed by atoms with van der Waals surface area (Å²) in [7, 11) is 0. The molecule has 0 fully saturated rings. The lowest BCUT2D eigenvalue weighted by atomic mass is 10.1. The van der Waals surface area contributed by atoms with Crippen molar-refractivity contribution in [3.8, 4) is 11.1 Å². The van der Waals surface area contributed by atoms with Crippen molar-refractivity contribution in [2.45, 2.75) is 13.0 Å². The summed E-state index contributed by atoms with van der Waals surface area (Å²) in [4.78, 5) is 17.7. The van der Waals surface area contributed by atoms with Gasteiger partial charge >= 0.3 is 0 Å². The van der Waals surface area contributed by atoms with E-state index in [1.54, 1.807) is 11.6 Å². The average Bonchev–Trinajstić information content (AvgIpc) is 3.19. The molecule has 3 aromatic heterocycles. The zero-order valence-corrected chi connectivity index (χ0v) is 16.5. The number of pyridine rings is 1. The molecule has 0 atom stereocenters. The fourth-order valence-electron chi connectivity index (χ4n) is 3.52. The number of hydrogen-bond acceptors (Lipinski definition) is 4. The van der Waals surface area contributed by atoms with Crippen molar-refractivity contribution in [1.29, 1.82) is 0 Å². The van der Waals surface area contributed by atoms with Gasteiger partial charge in [-0.3, -0.25) is 9.78 Å². The van der Waals surface area contributed by atoms with E-state index in [0.29, 0.717) is 28.6 Å². The number of hydrogen-bond donors (Lipinski definition) is 0. The average molecular weight is 419 g/mol. The molecule has 0 saturated carbocycles. The summed E-state index contributed by atoms with van der Waals surface area (Å²) in [5.41, 5.74) is 1.88. The van der Waals surface area contributed by atoms with Crippen LogP contribution in [0.1, 0.15) is 5.69 Å². The van der Waals surface area contributed by atoms with E-state index >= 15 is 0 Å². The lowest BCUT2D eigenvalue weighted by molar-refractivity contribution is 0.580. The van der Waals surface area contributed by atoms with E-state index in [1.807, 2.05) is 36.4 Å². The zero-order chi connectivity index (χ0) is 20.7. The van der Waals surface area contributed by atoms with Gasteiger partial charge in [0.05, 0.1) is 28.3 Å². The SMILES string of the molecule is O=c1c2c(-c3cc(F)ccc3F)csc2cnn1CCc1ccc2ccccc2n1. The summed E-state index contributed by atoms with van der Waals surface area (Å²) in [6.45, 7) is 0.334. The molecule has 3 heterocycles. The molecule has 5 aromatic rings. The Hall–Kier alpha value is -3.45. The van der Waals surface area contributed by atoms with Gasteiger partial charge in [0.1, 0.15) is 11.6 Å². The van der Waals surface area contributed by atoms with E-state index < -0.39 is 11.6 Å². The second kappa shape index (κ2) is 7.42. The maximum atomic E-state index is 14.3. The van der Waals surface area contributed by atoms with Crippen LogP contribution in [0.3, 0.4) is 0 Å². The Labute approximate surface area is 174 Å². The van der Waals surface area contributed by atoms with E-state index in [4.69, 9.17) is 0 Å². The molecule has 0 aliphatic rings. The van der Waals surface area contributed by atoms with Crippen LogP contribution in [-0.4, -0.2) is 14.8 Å². The molecular weight excluding hydrogens is 404 g/mol. The largest absolute Gasteiger partial charge is 0.276 e. The van der Waals surface area contributed by atoms with Gasteiger partial charge < -0.3 is 0 Å². The molecule has 0 unspecified atom stereocenters. The van der Waals surface area contributed by atoms with Gasteiger partial charge in [-0.05, 0) is 30.3 Å². The van der Waals surface area contributed by atoms with Gasteiger partial charge in [0.25, 0.3) is 5.56 Å². The lowest BCUT2D eigenvalue weighted by Crippen LogP contribution is -2.23. The van der Waals surface area contributed by atoms with E-state index in [1.165, 1.54) is 16.0 Å². The van der Waals surface area contributed by atoms with Gasteiger partial charge in [-0.1, -0.05) is 24.3 Å². The first-order chi connectivity index (χ1) is 14.6. The van der Waals surface area contributed by atoms with E-state index in [0.717, 1.165) is 34.8 Å². The number of rotatable bonds is 4. The van der Waals surface area contributed by atoms with Gasteiger partial charge in [0.15, 0.2) is 0 Å². The molecule has 4 nitrogen and oxygen atoms in total. The monoisotopic (exact) mass is 419 g/mol. The Kier molecular flexibility index (Phi) is 4.59. The summed E-state index contributed by atoms with van der Waals surface area (Å²) in [5.74, 6) is -1.12. The molecule has 0 amide bonds. The Morgan fingerprint density at radius 1 is 1.00 bits per heavy atom. The number of aromatic nitrogens is 3. The Balaban J connectivity index is 1.51. The first-order valence-corrected chi connectivity index (χ1v) is 10.3. The van der Waals surface area contributed by atoms with Crippen LogP contribution < -0.4 is 5.56 Å². The van der Waals surface area contributed by atoms with Crippen LogP contribution >= 0.6 is 11.3 Å². The summed E-state index contributed by atoms with van der Waals surface area (Å²) < 4.78 is 30.0. The number of halogens is 2. The molecule has 2 aromatic carbocycles. The summed E-state index contributed by atoms with van der Waals surface area (Å²) >= 11 is 1.28. The first-order valence-electron chi connectivity index (χ1n) is 9.37. The third-order valence-corrected chi connectivity index (χ3v) is 5.95. The number of nitrogens with zero attached hydrogens (tertiary/aromatic N) is 3. The predicted octanol–water partition coefficient (Wildman–Crippen LogP) is 5.19. The van der Waals surface area contributed by atoms with Crippen molar-refractivity contribution in [1.82, 2.24) is 14.8 Å².